The van der Waals surface area contributed by atoms with E-state index in [-0.39, 0.29) is 17.5 Å². The maximum Gasteiger partial charge on any atom is 0.152 e. The number of aromatic nitrogens is 2. The van der Waals surface area contributed by atoms with Crippen molar-refractivity contribution in [3.63, 3.8) is 0 Å². The smallest absolute Gasteiger partial charge is 0.152 e. The molecule has 0 aliphatic carbocycles. The van der Waals surface area contributed by atoms with Crippen molar-refractivity contribution in [1.29, 1.82) is 0 Å². The number of aryl methyl sites for hydroxylation is 1. The van der Waals surface area contributed by atoms with Crippen LogP contribution in [0.1, 0.15) is 17.5 Å². The molecule has 2 aromatic carbocycles. The van der Waals surface area contributed by atoms with Crippen molar-refractivity contribution < 1.29 is 8.42 Å². The summed E-state index contributed by atoms with van der Waals surface area (Å²) in [7, 11) is -2.94. The maximum absolute atomic E-state index is 11.7. The minimum Gasteiger partial charge on any atom is -0.288 e. The first-order chi connectivity index (χ1) is 13.0. The lowest BCUT2D eigenvalue weighted by Gasteiger charge is -2.02. The lowest BCUT2D eigenvalue weighted by molar-refractivity contribution is 0.601. The van der Waals surface area contributed by atoms with Gasteiger partial charge in [0.15, 0.2) is 9.84 Å². The van der Waals surface area contributed by atoms with Crippen LogP contribution in [-0.2, 0) is 9.84 Å². The van der Waals surface area contributed by atoms with E-state index in [0.717, 1.165) is 22.5 Å². The van der Waals surface area contributed by atoms with E-state index in [1.54, 1.807) is 6.21 Å². The minimum atomic E-state index is -2.94. The highest BCUT2D eigenvalue weighted by Gasteiger charge is 2.27. The molecular weight excluding hydrogens is 358 g/mol. The average molecular weight is 379 g/mol. The van der Waals surface area contributed by atoms with E-state index in [1.807, 2.05) is 53.3 Å². The summed E-state index contributed by atoms with van der Waals surface area (Å²) in [5, 5.41) is 4.76. The van der Waals surface area contributed by atoms with Crippen molar-refractivity contribution in [1.82, 2.24) is 9.78 Å². The van der Waals surface area contributed by atoms with Crippen LogP contribution in [0.2, 0.25) is 0 Å². The number of aliphatic imine (C=N–C) groups is 1. The Labute approximate surface area is 159 Å². The summed E-state index contributed by atoms with van der Waals surface area (Å²) < 4.78 is 25.2. The average Bonchev–Trinajstić information content (AvgIpc) is 3.24. The van der Waals surface area contributed by atoms with Gasteiger partial charge in [-0.3, -0.25) is 4.99 Å². The zero-order valence-corrected chi connectivity index (χ0v) is 15.9. The number of rotatable bonds is 4. The van der Waals surface area contributed by atoms with Gasteiger partial charge in [-0.15, -0.1) is 0 Å². The number of para-hydroxylation sites is 1. The molecule has 1 fully saturated rings. The Balaban J connectivity index is 1.72. The lowest BCUT2D eigenvalue weighted by atomic mass is 10.1. The summed E-state index contributed by atoms with van der Waals surface area (Å²) in [6.07, 6.45) is 4.30. The second kappa shape index (κ2) is 7.12. The maximum atomic E-state index is 11.7. The van der Waals surface area contributed by atoms with E-state index in [9.17, 15) is 8.42 Å². The van der Waals surface area contributed by atoms with Crippen molar-refractivity contribution in [3.05, 3.63) is 71.9 Å². The fourth-order valence-electron chi connectivity index (χ4n) is 3.21. The van der Waals surface area contributed by atoms with Gasteiger partial charge in [0, 0.05) is 23.5 Å². The molecule has 1 aromatic heterocycles. The third kappa shape index (κ3) is 4.01. The Hall–Kier alpha value is -2.73. The van der Waals surface area contributed by atoms with E-state index in [2.05, 4.69) is 24.0 Å². The summed E-state index contributed by atoms with van der Waals surface area (Å²) in [6, 6.07) is 17.9. The highest BCUT2D eigenvalue weighted by Crippen LogP contribution is 2.24. The minimum absolute atomic E-state index is 0.135. The molecule has 2 heterocycles. The van der Waals surface area contributed by atoms with Crippen molar-refractivity contribution in [2.24, 2.45) is 4.99 Å². The number of sulfone groups is 1. The fourth-order valence-corrected chi connectivity index (χ4v) is 4.85. The molecule has 3 aromatic rings. The Morgan fingerprint density at radius 2 is 1.85 bits per heavy atom. The monoisotopic (exact) mass is 379 g/mol. The summed E-state index contributed by atoms with van der Waals surface area (Å²) in [5.74, 6) is 0.360. The first kappa shape index (κ1) is 17.7. The second-order valence-corrected chi connectivity index (χ2v) is 9.14. The molecule has 1 aliphatic heterocycles. The van der Waals surface area contributed by atoms with Crippen LogP contribution in [0.25, 0.3) is 16.9 Å². The van der Waals surface area contributed by atoms with Crippen molar-refractivity contribution in [2.45, 2.75) is 19.4 Å². The van der Waals surface area contributed by atoms with E-state index >= 15 is 0 Å². The molecule has 0 bridgehead atoms. The molecule has 0 amide bonds. The molecule has 0 radical (unpaired) electrons. The zero-order chi connectivity index (χ0) is 18.9. The Kier molecular flexibility index (Phi) is 4.66. The van der Waals surface area contributed by atoms with Gasteiger partial charge in [0.05, 0.1) is 23.2 Å². The Morgan fingerprint density at radius 1 is 1.11 bits per heavy atom. The molecule has 6 heteroatoms. The molecular formula is C21H21N3O2S. The molecule has 138 valence electrons. The third-order valence-corrected chi connectivity index (χ3v) is 6.47. The van der Waals surface area contributed by atoms with Crippen LogP contribution in [0, 0.1) is 6.92 Å². The topological polar surface area (TPSA) is 64.3 Å². The van der Waals surface area contributed by atoms with Gasteiger partial charge in [0.25, 0.3) is 0 Å². The van der Waals surface area contributed by atoms with Gasteiger partial charge in [-0.2, -0.15) is 5.10 Å². The third-order valence-electron chi connectivity index (χ3n) is 4.72. The van der Waals surface area contributed by atoms with Crippen molar-refractivity contribution in [2.75, 3.05) is 11.5 Å². The molecule has 4 rings (SSSR count). The fraction of sp³-hybridized carbons (Fsp3) is 0.238. The van der Waals surface area contributed by atoms with Gasteiger partial charge < -0.3 is 0 Å². The molecule has 0 unspecified atom stereocenters. The molecule has 0 saturated carbocycles. The SMILES string of the molecule is Cc1ccc(-c2nn(-c3ccccc3)cc2C=N[C@@H]2CCS(=O)(=O)C2)cc1. The van der Waals surface area contributed by atoms with Crippen LogP contribution in [0.3, 0.4) is 0 Å². The standard InChI is InChI=1S/C21H21N3O2S/c1-16-7-9-17(10-8-16)21-18(13-22-19-11-12-27(25,26)15-19)14-24(23-21)20-5-3-2-4-6-20/h2-10,13-14,19H,11-12,15H2,1H3/t19-/m1/s1. The van der Waals surface area contributed by atoms with Crippen LogP contribution in [0.4, 0.5) is 0 Å². The number of benzene rings is 2. The Bertz CT molecular complexity index is 1070. The highest BCUT2D eigenvalue weighted by molar-refractivity contribution is 7.91. The van der Waals surface area contributed by atoms with Gasteiger partial charge in [-0.1, -0.05) is 48.0 Å². The first-order valence-corrected chi connectivity index (χ1v) is 10.8. The van der Waals surface area contributed by atoms with Crippen LogP contribution in [0.15, 0.2) is 65.8 Å². The number of nitrogens with zero attached hydrogens (tertiary/aromatic N) is 3. The Morgan fingerprint density at radius 3 is 2.52 bits per heavy atom. The van der Waals surface area contributed by atoms with E-state index in [0.29, 0.717) is 6.42 Å². The van der Waals surface area contributed by atoms with Crippen LogP contribution < -0.4 is 0 Å². The number of hydrogen-bond acceptors (Lipinski definition) is 4. The van der Waals surface area contributed by atoms with E-state index < -0.39 is 9.84 Å². The van der Waals surface area contributed by atoms with Gasteiger partial charge >= 0.3 is 0 Å². The molecule has 0 N–H and O–H groups in total. The molecule has 1 aliphatic rings. The van der Waals surface area contributed by atoms with Crippen molar-refractivity contribution in [3.8, 4) is 16.9 Å². The molecule has 0 spiro atoms. The summed E-state index contributed by atoms with van der Waals surface area (Å²) in [5.41, 5.74) is 4.88. The highest BCUT2D eigenvalue weighted by atomic mass is 32.2. The quantitative estimate of drug-likeness (QED) is 0.652. The van der Waals surface area contributed by atoms with Crippen LogP contribution >= 0.6 is 0 Å². The summed E-state index contributed by atoms with van der Waals surface area (Å²) in [4.78, 5) is 4.54. The molecule has 1 atom stereocenters. The zero-order valence-electron chi connectivity index (χ0n) is 15.1. The van der Waals surface area contributed by atoms with Gasteiger partial charge in [-0.25, -0.2) is 13.1 Å². The first-order valence-electron chi connectivity index (χ1n) is 8.96. The largest absolute Gasteiger partial charge is 0.288 e. The molecule has 27 heavy (non-hydrogen) atoms. The summed E-state index contributed by atoms with van der Waals surface area (Å²) >= 11 is 0. The molecule has 1 saturated heterocycles. The lowest BCUT2D eigenvalue weighted by Crippen LogP contribution is -2.07. The van der Waals surface area contributed by atoms with Crippen LogP contribution in [-0.4, -0.2) is 42.0 Å². The van der Waals surface area contributed by atoms with Gasteiger partial charge in [0.1, 0.15) is 5.69 Å². The van der Waals surface area contributed by atoms with Crippen LogP contribution in [0.5, 0.6) is 0 Å². The van der Waals surface area contributed by atoms with Gasteiger partial charge in [-0.05, 0) is 25.5 Å². The van der Waals surface area contributed by atoms with E-state index in [4.69, 9.17) is 5.10 Å². The normalized spacial score (nSPS) is 18.9. The predicted octanol–water partition coefficient (Wildman–Crippen LogP) is 3.45. The van der Waals surface area contributed by atoms with Gasteiger partial charge in [0.2, 0.25) is 0 Å². The van der Waals surface area contributed by atoms with Crippen molar-refractivity contribution >= 4 is 16.1 Å². The van der Waals surface area contributed by atoms with E-state index in [1.165, 1.54) is 5.56 Å². The second-order valence-electron chi connectivity index (χ2n) is 6.91. The number of hydrogen-bond donors (Lipinski definition) is 0. The predicted molar refractivity (Wildman–Crippen MR) is 108 cm³/mol. The summed E-state index contributed by atoms with van der Waals surface area (Å²) in [6.45, 7) is 2.05. The molecule has 5 nitrogen and oxygen atoms in total.